The Balaban J connectivity index is 0.00000616. The fourth-order valence-corrected chi connectivity index (χ4v) is 5.96. The number of rotatable bonds is 20. The third kappa shape index (κ3) is 13.4. The molecule has 1 N–H and O–H groups in total. The Morgan fingerprint density at radius 2 is 1.50 bits per heavy atom. The lowest BCUT2D eigenvalue weighted by molar-refractivity contribution is -0.115. The van der Waals surface area contributed by atoms with Crippen LogP contribution in [0.2, 0.25) is 0 Å². The van der Waals surface area contributed by atoms with E-state index in [9.17, 15) is 9.59 Å². The molecule has 0 saturated heterocycles. The Labute approximate surface area is 269 Å². The van der Waals surface area contributed by atoms with E-state index in [2.05, 4.69) is 42.4 Å². The number of benzene rings is 2. The van der Waals surface area contributed by atoms with Crippen LogP contribution < -0.4 is 10.1 Å². The Kier molecular flexibility index (Phi) is 17.6. The summed E-state index contributed by atoms with van der Waals surface area (Å²) >= 11 is 1.85. The first-order chi connectivity index (χ1) is 20.0. The second-order valence-electron chi connectivity index (χ2n) is 11.3. The molecule has 0 aromatic heterocycles. The van der Waals surface area contributed by atoms with Crippen molar-refractivity contribution >= 4 is 46.1 Å². The van der Waals surface area contributed by atoms with Crippen molar-refractivity contribution in [2.75, 3.05) is 17.8 Å². The van der Waals surface area contributed by atoms with Crippen LogP contribution in [0.4, 0.5) is 5.69 Å². The highest BCUT2D eigenvalue weighted by atomic mass is 79.9. The monoisotopic (exact) mass is 658 g/mol. The van der Waals surface area contributed by atoms with Crippen molar-refractivity contribution in [1.29, 1.82) is 0 Å². The number of halogens is 1. The molecule has 0 radical (unpaired) electrons. The largest absolute Gasteiger partial charge is 0.493 e. The summed E-state index contributed by atoms with van der Waals surface area (Å²) in [5, 5.41) is 3.00. The number of allylic oxidation sites excluding steroid dienone is 1. The van der Waals surface area contributed by atoms with E-state index in [0.29, 0.717) is 17.9 Å². The zero-order chi connectivity index (χ0) is 29.3. The number of ether oxygens (including phenoxy) is 1. The van der Waals surface area contributed by atoms with Gasteiger partial charge in [-0.3, -0.25) is 9.59 Å². The first-order valence-corrected chi connectivity index (χ1v) is 16.6. The highest BCUT2D eigenvalue weighted by Gasteiger charge is 2.16. The Hall–Kier alpha value is -2.25. The third-order valence-electron chi connectivity index (χ3n) is 7.52. The standard InChI is InChI=1S/C35H50N2O3S.BrH/c1-4-5-6-7-8-9-10-11-12-13-14-15-23-40-35-31(17-16-18-33(35)29(3)38)24-34(39)36-32-21-19-30(20-22-32)26-37-25-28(2)41-27-37;/h16-22,25H,4-15,23-24,26-27H2,1-3H3,(H,36,39);1H. The van der Waals surface area contributed by atoms with E-state index in [1.54, 1.807) is 13.0 Å². The van der Waals surface area contributed by atoms with Crippen LogP contribution in [0.15, 0.2) is 53.6 Å². The van der Waals surface area contributed by atoms with Crippen LogP contribution in [-0.4, -0.2) is 29.1 Å². The lowest BCUT2D eigenvalue weighted by atomic mass is 10.0. The Morgan fingerprint density at radius 1 is 0.881 bits per heavy atom. The summed E-state index contributed by atoms with van der Waals surface area (Å²) in [7, 11) is 0. The number of unbranched alkanes of at least 4 members (excludes halogenated alkanes) is 11. The van der Waals surface area contributed by atoms with Gasteiger partial charge in [0.05, 0.1) is 24.5 Å². The predicted molar refractivity (Wildman–Crippen MR) is 184 cm³/mol. The Morgan fingerprint density at radius 3 is 2.07 bits per heavy atom. The fourth-order valence-electron chi connectivity index (χ4n) is 5.20. The number of hydrogen-bond donors (Lipinski definition) is 1. The minimum Gasteiger partial charge on any atom is -0.493 e. The van der Waals surface area contributed by atoms with E-state index in [0.717, 1.165) is 36.5 Å². The van der Waals surface area contributed by atoms with E-state index in [1.165, 1.54) is 74.7 Å². The molecule has 2 aromatic carbocycles. The number of ketones is 1. The number of hydrogen-bond acceptors (Lipinski definition) is 5. The molecule has 0 atom stereocenters. The van der Waals surface area contributed by atoms with Crippen LogP contribution >= 0.6 is 28.7 Å². The molecular formula is C35H51BrN2O3S. The van der Waals surface area contributed by atoms with Gasteiger partial charge >= 0.3 is 0 Å². The smallest absolute Gasteiger partial charge is 0.228 e. The van der Waals surface area contributed by atoms with Crippen LogP contribution in [0.3, 0.4) is 0 Å². The maximum Gasteiger partial charge on any atom is 0.228 e. The number of carbonyl (C=O) groups excluding carboxylic acids is 2. The highest BCUT2D eigenvalue weighted by molar-refractivity contribution is 8.93. The molecule has 1 aliphatic rings. The van der Waals surface area contributed by atoms with Crippen LogP contribution in [0, 0.1) is 0 Å². The molecule has 7 heteroatoms. The molecule has 0 saturated carbocycles. The molecule has 232 valence electrons. The second-order valence-corrected chi connectivity index (χ2v) is 12.5. The van der Waals surface area contributed by atoms with Crippen molar-refractivity contribution in [1.82, 2.24) is 4.90 Å². The van der Waals surface area contributed by atoms with Gasteiger partial charge in [0.15, 0.2) is 5.78 Å². The Bertz CT molecular complexity index is 1120. The molecule has 0 fully saturated rings. The molecule has 1 aliphatic heterocycles. The molecule has 2 aromatic rings. The number of thioether (sulfide) groups is 1. The molecule has 0 unspecified atom stereocenters. The number of carbonyl (C=O) groups is 2. The molecule has 0 aliphatic carbocycles. The molecule has 1 amide bonds. The third-order valence-corrected chi connectivity index (χ3v) is 8.54. The van der Waals surface area contributed by atoms with Gasteiger partial charge in [-0.25, -0.2) is 0 Å². The summed E-state index contributed by atoms with van der Waals surface area (Å²) in [6.07, 6.45) is 17.8. The van der Waals surface area contributed by atoms with Crippen molar-refractivity contribution in [2.24, 2.45) is 0 Å². The number of para-hydroxylation sites is 1. The summed E-state index contributed by atoms with van der Waals surface area (Å²) in [5.74, 6) is 1.37. The lowest BCUT2D eigenvalue weighted by Gasteiger charge is -2.16. The van der Waals surface area contributed by atoms with Crippen LogP contribution in [-0.2, 0) is 17.8 Å². The topological polar surface area (TPSA) is 58.6 Å². The summed E-state index contributed by atoms with van der Waals surface area (Å²) in [6, 6.07) is 13.5. The summed E-state index contributed by atoms with van der Waals surface area (Å²) in [4.78, 5) is 28.9. The second kappa shape index (κ2) is 20.6. The minimum absolute atomic E-state index is 0. The van der Waals surface area contributed by atoms with Crippen molar-refractivity contribution in [2.45, 2.75) is 111 Å². The van der Waals surface area contributed by atoms with E-state index in [1.807, 2.05) is 36.0 Å². The molecule has 3 rings (SSSR count). The number of amides is 1. The highest BCUT2D eigenvalue weighted by Crippen LogP contribution is 2.27. The zero-order valence-corrected chi connectivity index (χ0v) is 28.5. The minimum atomic E-state index is -0.122. The van der Waals surface area contributed by atoms with Gasteiger partial charge in [0.1, 0.15) is 5.75 Å². The molecule has 0 spiro atoms. The van der Waals surface area contributed by atoms with E-state index in [4.69, 9.17) is 4.74 Å². The fraction of sp³-hybridized carbons (Fsp3) is 0.543. The van der Waals surface area contributed by atoms with Gasteiger partial charge in [-0.2, -0.15) is 0 Å². The van der Waals surface area contributed by atoms with Crippen LogP contribution in [0.25, 0.3) is 0 Å². The van der Waals surface area contributed by atoms with Gasteiger partial charge in [-0.05, 0) is 48.9 Å². The van der Waals surface area contributed by atoms with E-state index >= 15 is 0 Å². The van der Waals surface area contributed by atoms with Gasteiger partial charge in [0.25, 0.3) is 0 Å². The van der Waals surface area contributed by atoms with Crippen molar-refractivity contribution < 1.29 is 14.3 Å². The average Bonchev–Trinajstić information content (AvgIpc) is 3.37. The summed E-state index contributed by atoms with van der Waals surface area (Å²) < 4.78 is 6.15. The number of nitrogens with one attached hydrogen (secondary N) is 1. The zero-order valence-electron chi connectivity index (χ0n) is 25.9. The van der Waals surface area contributed by atoms with Crippen molar-refractivity contribution in [3.8, 4) is 5.75 Å². The number of anilines is 1. The van der Waals surface area contributed by atoms with Gasteiger partial charge in [0.2, 0.25) is 5.91 Å². The van der Waals surface area contributed by atoms with Crippen LogP contribution in [0.5, 0.6) is 5.75 Å². The number of nitrogens with zero attached hydrogens (tertiary/aromatic N) is 1. The normalized spacial score (nSPS) is 12.5. The van der Waals surface area contributed by atoms with Crippen molar-refractivity contribution in [3.63, 3.8) is 0 Å². The van der Waals surface area contributed by atoms with Gasteiger partial charge < -0.3 is 15.0 Å². The van der Waals surface area contributed by atoms with Crippen LogP contribution in [0.1, 0.15) is 119 Å². The van der Waals surface area contributed by atoms with E-state index in [-0.39, 0.29) is 35.1 Å². The quantitative estimate of drug-likeness (QED) is 0.113. The number of Topliss-reactive ketones (excluding diaryl/α,β-unsaturated/α-hetero) is 1. The summed E-state index contributed by atoms with van der Waals surface area (Å²) in [6.45, 7) is 7.36. The van der Waals surface area contributed by atoms with Gasteiger partial charge in [-0.1, -0.05) is 102 Å². The maximum atomic E-state index is 12.9. The summed E-state index contributed by atoms with van der Waals surface area (Å²) in [5.41, 5.74) is 3.27. The first-order valence-electron chi connectivity index (χ1n) is 15.7. The lowest BCUT2D eigenvalue weighted by Crippen LogP contribution is -2.16. The maximum absolute atomic E-state index is 12.9. The first kappa shape index (κ1) is 35.9. The average molecular weight is 660 g/mol. The SMILES string of the molecule is Br.CCCCCCCCCCCCCCOc1c(CC(=O)Nc2ccc(CN3C=C(C)SC3)cc2)cccc1C(C)=O. The van der Waals surface area contributed by atoms with Gasteiger partial charge in [-0.15, -0.1) is 28.7 Å². The molecule has 0 bridgehead atoms. The molecule has 42 heavy (non-hydrogen) atoms. The van der Waals surface area contributed by atoms with Crippen molar-refractivity contribution in [3.05, 3.63) is 70.3 Å². The van der Waals surface area contributed by atoms with Gasteiger partial charge in [0, 0.05) is 24.0 Å². The molecule has 5 nitrogen and oxygen atoms in total. The predicted octanol–water partition coefficient (Wildman–Crippen LogP) is 10.1. The van der Waals surface area contributed by atoms with E-state index < -0.39 is 0 Å². The molecule has 1 heterocycles. The molecular weight excluding hydrogens is 608 g/mol.